The zero-order valence-electron chi connectivity index (χ0n) is 26.0. The molecular formula is C42H31NO5. The summed E-state index contributed by atoms with van der Waals surface area (Å²) in [5.41, 5.74) is 6.90. The fourth-order valence-electron chi connectivity index (χ4n) is 5.09. The Morgan fingerprint density at radius 1 is 0.417 bits per heavy atom. The lowest BCUT2D eigenvalue weighted by Crippen LogP contribution is -2.09. The van der Waals surface area contributed by atoms with Gasteiger partial charge in [0.1, 0.15) is 23.0 Å². The van der Waals surface area contributed by atoms with Crippen molar-refractivity contribution in [1.29, 1.82) is 0 Å². The second kappa shape index (κ2) is 14.6. The summed E-state index contributed by atoms with van der Waals surface area (Å²) in [7, 11) is 0. The van der Waals surface area contributed by atoms with E-state index < -0.39 is 11.9 Å². The molecule has 0 atom stereocenters. The Morgan fingerprint density at radius 3 is 1.10 bits per heavy atom. The Morgan fingerprint density at radius 2 is 0.729 bits per heavy atom. The van der Waals surface area contributed by atoms with Gasteiger partial charge in [0, 0.05) is 29.2 Å². The summed E-state index contributed by atoms with van der Waals surface area (Å²) in [6.45, 7) is 6.88. The van der Waals surface area contributed by atoms with Crippen LogP contribution in [0.2, 0.25) is 0 Å². The van der Waals surface area contributed by atoms with E-state index in [0.717, 1.165) is 63.0 Å². The number of rotatable bonds is 11. The van der Waals surface area contributed by atoms with Gasteiger partial charge in [-0.3, -0.25) is 0 Å². The summed E-state index contributed by atoms with van der Waals surface area (Å²) in [5.74, 6) is 1.43. The first-order chi connectivity index (χ1) is 23.5. The fourth-order valence-corrected chi connectivity index (χ4v) is 5.09. The number of nitrogens with zero attached hydrogens (tertiary/aromatic N) is 1. The van der Waals surface area contributed by atoms with Crippen molar-refractivity contribution >= 4 is 29.0 Å². The number of hydrogen-bond acceptors (Lipinski definition) is 6. The standard InChI is InChI=1S/C42H31NO5/c1-3-41(44)47-39-24-14-32(15-25-39)30-10-18-34(19-11-30)43(36-22-28-38(29-23-36)46-37-8-6-5-7-9-37)35-20-12-31(13-21-35)33-16-26-40(27-17-33)48-42(45)4-2/h3-29H,1-2H2. The molecule has 48 heavy (non-hydrogen) atoms. The molecule has 0 saturated heterocycles. The number of anilines is 3. The van der Waals surface area contributed by atoms with Gasteiger partial charge in [0.05, 0.1) is 0 Å². The summed E-state index contributed by atoms with van der Waals surface area (Å²) in [6.07, 6.45) is 2.27. The first-order valence-corrected chi connectivity index (χ1v) is 15.2. The molecule has 234 valence electrons. The van der Waals surface area contributed by atoms with Crippen LogP contribution in [0.1, 0.15) is 0 Å². The Balaban J connectivity index is 1.28. The van der Waals surface area contributed by atoms with Crippen molar-refractivity contribution in [2.75, 3.05) is 4.90 Å². The largest absolute Gasteiger partial charge is 0.457 e. The fraction of sp³-hybridized carbons (Fsp3) is 0. The number of benzene rings is 6. The average Bonchev–Trinajstić information content (AvgIpc) is 3.14. The van der Waals surface area contributed by atoms with Crippen LogP contribution in [-0.2, 0) is 9.59 Å². The minimum Gasteiger partial charge on any atom is -0.457 e. The zero-order valence-corrected chi connectivity index (χ0v) is 26.0. The Kier molecular flexibility index (Phi) is 9.54. The zero-order chi connectivity index (χ0) is 33.3. The van der Waals surface area contributed by atoms with Crippen LogP contribution in [-0.4, -0.2) is 11.9 Å². The molecule has 0 saturated carbocycles. The van der Waals surface area contributed by atoms with Gasteiger partial charge in [-0.2, -0.15) is 0 Å². The molecule has 0 N–H and O–H groups in total. The van der Waals surface area contributed by atoms with Crippen LogP contribution in [0.3, 0.4) is 0 Å². The van der Waals surface area contributed by atoms with Crippen molar-refractivity contribution in [3.05, 3.63) is 177 Å². The van der Waals surface area contributed by atoms with Crippen LogP contribution < -0.4 is 19.1 Å². The molecular weight excluding hydrogens is 598 g/mol. The van der Waals surface area contributed by atoms with E-state index in [2.05, 4.69) is 66.6 Å². The van der Waals surface area contributed by atoms with E-state index >= 15 is 0 Å². The molecule has 0 unspecified atom stereocenters. The molecule has 0 bridgehead atoms. The molecule has 0 aliphatic carbocycles. The van der Waals surface area contributed by atoms with E-state index in [-0.39, 0.29) is 0 Å². The van der Waals surface area contributed by atoms with Crippen molar-refractivity contribution in [3.8, 4) is 45.3 Å². The van der Waals surface area contributed by atoms with Gasteiger partial charge in [-0.1, -0.05) is 79.9 Å². The van der Waals surface area contributed by atoms with Gasteiger partial charge in [0.2, 0.25) is 0 Å². The van der Waals surface area contributed by atoms with Crippen LogP contribution in [0.4, 0.5) is 17.1 Å². The highest BCUT2D eigenvalue weighted by Gasteiger charge is 2.14. The molecule has 0 spiro atoms. The van der Waals surface area contributed by atoms with Crippen molar-refractivity contribution in [2.24, 2.45) is 0 Å². The van der Waals surface area contributed by atoms with Crippen LogP contribution >= 0.6 is 0 Å². The first-order valence-electron chi connectivity index (χ1n) is 15.2. The van der Waals surface area contributed by atoms with E-state index in [9.17, 15) is 9.59 Å². The lowest BCUT2D eigenvalue weighted by Gasteiger charge is -2.26. The smallest absolute Gasteiger partial charge is 0.335 e. The molecule has 6 nitrogen and oxygen atoms in total. The molecule has 0 aliphatic rings. The molecule has 0 amide bonds. The second-order valence-corrected chi connectivity index (χ2v) is 10.6. The molecule has 6 heteroatoms. The Hall–Kier alpha value is -6.66. The summed E-state index contributed by atoms with van der Waals surface area (Å²) in [4.78, 5) is 25.3. The van der Waals surface area contributed by atoms with Crippen LogP contribution in [0.5, 0.6) is 23.0 Å². The average molecular weight is 630 g/mol. The number of esters is 2. The normalized spacial score (nSPS) is 10.4. The highest BCUT2D eigenvalue weighted by Crippen LogP contribution is 2.38. The molecule has 0 radical (unpaired) electrons. The maximum atomic E-state index is 11.5. The minimum absolute atomic E-state index is 0.460. The van der Waals surface area contributed by atoms with Gasteiger partial charge < -0.3 is 19.1 Å². The molecule has 6 aromatic rings. The molecule has 6 rings (SSSR count). The van der Waals surface area contributed by atoms with Gasteiger partial charge >= 0.3 is 11.9 Å². The monoisotopic (exact) mass is 629 g/mol. The number of ether oxygens (including phenoxy) is 3. The van der Waals surface area contributed by atoms with Crippen molar-refractivity contribution < 1.29 is 23.8 Å². The predicted molar refractivity (Wildman–Crippen MR) is 190 cm³/mol. The summed E-state index contributed by atoms with van der Waals surface area (Å²) in [6, 6.07) is 48.9. The number of carbonyl (C=O) groups is 2. The topological polar surface area (TPSA) is 65.1 Å². The lowest BCUT2D eigenvalue weighted by molar-refractivity contribution is -0.129. The maximum Gasteiger partial charge on any atom is 0.335 e. The van der Waals surface area contributed by atoms with E-state index in [0.29, 0.717) is 11.5 Å². The van der Waals surface area contributed by atoms with Crippen molar-refractivity contribution in [1.82, 2.24) is 0 Å². The highest BCUT2D eigenvalue weighted by atomic mass is 16.5. The Labute approximate surface area is 279 Å². The Bertz CT molecular complexity index is 1910. The molecule has 0 aromatic heterocycles. The van der Waals surface area contributed by atoms with E-state index in [4.69, 9.17) is 14.2 Å². The maximum absolute atomic E-state index is 11.5. The van der Waals surface area contributed by atoms with Crippen molar-refractivity contribution in [3.63, 3.8) is 0 Å². The van der Waals surface area contributed by atoms with Gasteiger partial charge in [0.25, 0.3) is 0 Å². The van der Waals surface area contributed by atoms with Crippen LogP contribution in [0, 0.1) is 0 Å². The van der Waals surface area contributed by atoms with E-state index in [1.807, 2.05) is 78.9 Å². The lowest BCUT2D eigenvalue weighted by atomic mass is 10.0. The third-order valence-electron chi connectivity index (χ3n) is 7.47. The second-order valence-electron chi connectivity index (χ2n) is 10.6. The molecule has 6 aromatic carbocycles. The summed E-state index contributed by atoms with van der Waals surface area (Å²) >= 11 is 0. The van der Waals surface area contributed by atoms with Gasteiger partial charge in [-0.15, -0.1) is 0 Å². The summed E-state index contributed by atoms with van der Waals surface area (Å²) < 4.78 is 16.5. The molecule has 0 heterocycles. The van der Waals surface area contributed by atoms with E-state index in [1.165, 1.54) is 0 Å². The number of para-hydroxylation sites is 1. The predicted octanol–water partition coefficient (Wildman–Crippen LogP) is 10.5. The number of hydrogen-bond donors (Lipinski definition) is 0. The molecule has 0 fully saturated rings. The van der Waals surface area contributed by atoms with E-state index in [1.54, 1.807) is 24.3 Å². The van der Waals surface area contributed by atoms with Crippen molar-refractivity contribution in [2.45, 2.75) is 0 Å². The molecule has 0 aliphatic heterocycles. The number of carbonyl (C=O) groups excluding carboxylic acids is 2. The quantitative estimate of drug-likeness (QED) is 0.0807. The van der Waals surface area contributed by atoms with Crippen LogP contribution in [0.15, 0.2) is 177 Å². The van der Waals surface area contributed by atoms with Gasteiger partial charge in [-0.25, -0.2) is 9.59 Å². The highest BCUT2D eigenvalue weighted by molar-refractivity contribution is 5.84. The van der Waals surface area contributed by atoms with Crippen LogP contribution in [0.25, 0.3) is 22.3 Å². The first kappa shape index (κ1) is 31.3. The third kappa shape index (κ3) is 7.58. The minimum atomic E-state index is -0.496. The van der Waals surface area contributed by atoms with Gasteiger partial charge in [0.15, 0.2) is 0 Å². The summed E-state index contributed by atoms with van der Waals surface area (Å²) in [5, 5.41) is 0. The van der Waals surface area contributed by atoms with Gasteiger partial charge in [-0.05, 0) is 107 Å². The third-order valence-corrected chi connectivity index (χ3v) is 7.47. The SMILES string of the molecule is C=CC(=O)Oc1ccc(-c2ccc(N(c3ccc(Oc4ccccc4)cc3)c3ccc(-c4ccc(OC(=O)C=C)cc4)cc3)cc2)cc1.